The largest absolute Gasteiger partial charge is 0.487 e. The predicted octanol–water partition coefficient (Wildman–Crippen LogP) is 4.19. The van der Waals surface area contributed by atoms with E-state index in [0.29, 0.717) is 16.9 Å². The van der Waals surface area contributed by atoms with Crippen molar-refractivity contribution in [1.82, 2.24) is 0 Å². The van der Waals surface area contributed by atoms with Gasteiger partial charge in [-0.1, -0.05) is 36.9 Å². The highest BCUT2D eigenvalue weighted by molar-refractivity contribution is 6.09. The van der Waals surface area contributed by atoms with Gasteiger partial charge in [0.05, 0.1) is 6.10 Å². The van der Waals surface area contributed by atoms with Crippen molar-refractivity contribution in [1.29, 1.82) is 0 Å². The van der Waals surface area contributed by atoms with Crippen molar-refractivity contribution < 1.29 is 19.1 Å². The van der Waals surface area contributed by atoms with E-state index in [1.807, 2.05) is 32.0 Å². The van der Waals surface area contributed by atoms with E-state index in [1.54, 1.807) is 37.3 Å². The third kappa shape index (κ3) is 4.32. The van der Waals surface area contributed by atoms with Gasteiger partial charge in [-0.05, 0) is 39.0 Å². The summed E-state index contributed by atoms with van der Waals surface area (Å²) < 4.78 is 11.0. The minimum absolute atomic E-state index is 0.123. The van der Waals surface area contributed by atoms with Crippen LogP contribution in [0.15, 0.2) is 60.7 Å². The van der Waals surface area contributed by atoms with Crippen molar-refractivity contribution in [2.45, 2.75) is 26.9 Å². The van der Waals surface area contributed by atoms with Gasteiger partial charge in [-0.25, -0.2) is 4.79 Å². The van der Waals surface area contributed by atoms with E-state index >= 15 is 0 Å². The average molecular weight is 324 g/mol. The summed E-state index contributed by atoms with van der Waals surface area (Å²) in [6.07, 6.45) is -0.130. The minimum atomic E-state index is -0.536. The zero-order chi connectivity index (χ0) is 17.7. The molecule has 0 atom stereocenters. The molecule has 4 nitrogen and oxygen atoms in total. The zero-order valence-electron chi connectivity index (χ0n) is 14.0. The normalized spacial score (nSPS) is 10.3. The Labute approximate surface area is 141 Å². The molecule has 0 saturated carbocycles. The molecule has 0 aliphatic heterocycles. The van der Waals surface area contributed by atoms with Gasteiger partial charge in [0.1, 0.15) is 0 Å². The Balaban J connectivity index is 2.37. The maximum atomic E-state index is 12.5. The van der Waals surface area contributed by atoms with E-state index in [2.05, 4.69) is 6.58 Å². The smallest absolute Gasteiger partial charge is 0.338 e. The van der Waals surface area contributed by atoms with Gasteiger partial charge in [0.15, 0.2) is 17.3 Å². The van der Waals surface area contributed by atoms with Crippen LogP contribution in [0.3, 0.4) is 0 Å². The Kier molecular flexibility index (Phi) is 5.53. The van der Waals surface area contributed by atoms with Crippen LogP contribution in [0, 0.1) is 0 Å². The Bertz CT molecular complexity index is 760. The molecule has 2 aromatic carbocycles. The van der Waals surface area contributed by atoms with Crippen LogP contribution < -0.4 is 9.47 Å². The van der Waals surface area contributed by atoms with Crippen molar-refractivity contribution in [3.8, 4) is 11.5 Å². The molecule has 2 aromatic rings. The molecule has 0 unspecified atom stereocenters. The number of esters is 1. The Morgan fingerprint density at radius 3 is 2.21 bits per heavy atom. The van der Waals surface area contributed by atoms with Crippen LogP contribution in [0.2, 0.25) is 0 Å². The van der Waals surface area contributed by atoms with E-state index in [9.17, 15) is 9.59 Å². The lowest BCUT2D eigenvalue weighted by molar-refractivity contribution is -0.130. The Morgan fingerprint density at radius 2 is 1.62 bits per heavy atom. The molecule has 0 aliphatic carbocycles. The van der Waals surface area contributed by atoms with E-state index in [4.69, 9.17) is 9.47 Å². The van der Waals surface area contributed by atoms with Gasteiger partial charge < -0.3 is 9.47 Å². The highest BCUT2D eigenvalue weighted by Crippen LogP contribution is 2.31. The van der Waals surface area contributed by atoms with Crippen molar-refractivity contribution >= 4 is 11.8 Å². The maximum Gasteiger partial charge on any atom is 0.338 e. The Morgan fingerprint density at radius 1 is 0.958 bits per heavy atom. The number of rotatable bonds is 6. The highest BCUT2D eigenvalue weighted by atomic mass is 16.6. The number of benzene rings is 2. The number of ether oxygens (including phenoxy) is 2. The van der Waals surface area contributed by atoms with Crippen LogP contribution >= 0.6 is 0 Å². The van der Waals surface area contributed by atoms with Gasteiger partial charge in [-0.3, -0.25) is 4.79 Å². The predicted molar refractivity (Wildman–Crippen MR) is 92.5 cm³/mol. The maximum absolute atomic E-state index is 12.5. The van der Waals surface area contributed by atoms with Gasteiger partial charge in [-0.2, -0.15) is 0 Å². The molecular formula is C20H20O4. The molecule has 24 heavy (non-hydrogen) atoms. The first-order valence-corrected chi connectivity index (χ1v) is 7.66. The van der Waals surface area contributed by atoms with Crippen LogP contribution in [0.5, 0.6) is 11.5 Å². The summed E-state index contributed by atoms with van der Waals surface area (Å²) in [5, 5.41) is 0. The van der Waals surface area contributed by atoms with Crippen LogP contribution in [0.4, 0.5) is 0 Å². The summed E-state index contributed by atoms with van der Waals surface area (Å²) in [4.78, 5) is 24.3. The quantitative estimate of drug-likeness (QED) is 0.346. The monoisotopic (exact) mass is 324 g/mol. The molecule has 4 heteroatoms. The second-order valence-corrected chi connectivity index (χ2v) is 5.69. The molecule has 0 bridgehead atoms. The molecule has 0 aromatic heterocycles. The Hall–Kier alpha value is -2.88. The van der Waals surface area contributed by atoms with Crippen molar-refractivity contribution in [2.24, 2.45) is 0 Å². The summed E-state index contributed by atoms with van der Waals surface area (Å²) in [5.41, 5.74) is 1.33. The van der Waals surface area contributed by atoms with Gasteiger partial charge >= 0.3 is 5.97 Å². The molecular weight excluding hydrogens is 304 g/mol. The standard InChI is InChI=1S/C20H20O4/c1-13(2)20(22)24-17-11-10-16(12-18(17)23-14(3)4)19(21)15-8-6-5-7-9-15/h5-12,14H,1H2,2-4H3. The van der Waals surface area contributed by atoms with Gasteiger partial charge in [0.25, 0.3) is 0 Å². The first-order valence-electron chi connectivity index (χ1n) is 7.66. The summed E-state index contributed by atoms with van der Waals surface area (Å²) in [7, 11) is 0. The van der Waals surface area contributed by atoms with Gasteiger partial charge in [-0.15, -0.1) is 0 Å². The molecule has 0 N–H and O–H groups in total. The number of carbonyl (C=O) groups excluding carboxylic acids is 2. The topological polar surface area (TPSA) is 52.6 Å². The second-order valence-electron chi connectivity index (χ2n) is 5.69. The lowest BCUT2D eigenvalue weighted by atomic mass is 10.0. The molecule has 0 fully saturated rings. The van der Waals surface area contributed by atoms with E-state index in [-0.39, 0.29) is 23.2 Å². The molecule has 0 saturated heterocycles. The van der Waals surface area contributed by atoms with E-state index in [0.717, 1.165) is 0 Å². The fourth-order valence-corrected chi connectivity index (χ4v) is 2.02. The van der Waals surface area contributed by atoms with Crippen molar-refractivity contribution in [2.75, 3.05) is 0 Å². The van der Waals surface area contributed by atoms with Crippen LogP contribution in [-0.2, 0) is 4.79 Å². The second kappa shape index (κ2) is 7.59. The highest BCUT2D eigenvalue weighted by Gasteiger charge is 2.16. The van der Waals surface area contributed by atoms with Gasteiger partial charge in [0.2, 0.25) is 0 Å². The summed E-state index contributed by atoms with van der Waals surface area (Å²) in [5.74, 6) is -0.0459. The SMILES string of the molecule is C=C(C)C(=O)Oc1ccc(C(=O)c2ccccc2)cc1OC(C)C. The lowest BCUT2D eigenvalue weighted by Crippen LogP contribution is -2.12. The fourth-order valence-electron chi connectivity index (χ4n) is 2.02. The minimum Gasteiger partial charge on any atom is -0.487 e. The molecule has 2 rings (SSSR count). The van der Waals surface area contributed by atoms with Crippen LogP contribution in [-0.4, -0.2) is 17.9 Å². The van der Waals surface area contributed by atoms with Crippen LogP contribution in [0.1, 0.15) is 36.7 Å². The molecule has 0 amide bonds. The first-order chi connectivity index (χ1) is 11.4. The number of hydrogen-bond acceptors (Lipinski definition) is 4. The van der Waals surface area contributed by atoms with E-state index < -0.39 is 5.97 Å². The average Bonchev–Trinajstić information content (AvgIpc) is 2.56. The summed E-state index contributed by atoms with van der Waals surface area (Å²) in [6.45, 7) is 8.84. The lowest BCUT2D eigenvalue weighted by Gasteiger charge is -2.15. The molecule has 124 valence electrons. The third-order valence-corrected chi connectivity index (χ3v) is 3.16. The molecule has 0 aliphatic rings. The zero-order valence-corrected chi connectivity index (χ0v) is 14.0. The molecule has 0 heterocycles. The van der Waals surface area contributed by atoms with Crippen molar-refractivity contribution in [3.63, 3.8) is 0 Å². The number of hydrogen-bond donors (Lipinski definition) is 0. The molecule has 0 radical (unpaired) electrons. The first kappa shape index (κ1) is 17.5. The van der Waals surface area contributed by atoms with Crippen LogP contribution in [0.25, 0.3) is 0 Å². The van der Waals surface area contributed by atoms with Gasteiger partial charge in [0, 0.05) is 16.7 Å². The summed E-state index contributed by atoms with van der Waals surface area (Å²) in [6, 6.07) is 13.7. The number of carbonyl (C=O) groups is 2. The van der Waals surface area contributed by atoms with Crippen molar-refractivity contribution in [3.05, 3.63) is 71.8 Å². The number of ketones is 1. The summed E-state index contributed by atoms with van der Waals surface area (Å²) >= 11 is 0. The third-order valence-electron chi connectivity index (χ3n) is 3.16. The fraction of sp³-hybridized carbons (Fsp3) is 0.200. The van der Waals surface area contributed by atoms with E-state index in [1.165, 1.54) is 0 Å². The molecule has 0 spiro atoms.